The van der Waals surface area contributed by atoms with Crippen LogP contribution in [0.1, 0.15) is 52.0 Å². The SMILES string of the molecule is Cc1ccc(C(=O)CCC(=O)Nc2ccc(C(=O)C3CC3)cc2)cc1. The minimum atomic E-state index is -0.207. The van der Waals surface area contributed by atoms with Gasteiger partial charge in [-0.25, -0.2) is 0 Å². The summed E-state index contributed by atoms with van der Waals surface area (Å²) in [7, 11) is 0. The van der Waals surface area contributed by atoms with E-state index in [1.807, 2.05) is 19.1 Å². The van der Waals surface area contributed by atoms with E-state index in [0.29, 0.717) is 16.8 Å². The van der Waals surface area contributed by atoms with Crippen molar-refractivity contribution in [1.29, 1.82) is 0 Å². The molecule has 0 unspecified atom stereocenters. The first-order valence-electron chi connectivity index (χ1n) is 8.57. The summed E-state index contributed by atoms with van der Waals surface area (Å²) in [5, 5.41) is 2.77. The maximum absolute atomic E-state index is 12.1. The fraction of sp³-hybridized carbons (Fsp3) is 0.286. The molecule has 0 spiro atoms. The molecular weight excluding hydrogens is 314 g/mol. The Bertz CT molecular complexity index is 787. The number of nitrogens with one attached hydrogen (secondary N) is 1. The summed E-state index contributed by atoms with van der Waals surface area (Å²) in [6.07, 6.45) is 2.27. The number of benzene rings is 2. The molecule has 0 heterocycles. The van der Waals surface area contributed by atoms with E-state index in [1.165, 1.54) is 0 Å². The Labute approximate surface area is 147 Å². The Kier molecular flexibility index (Phi) is 5.08. The van der Waals surface area contributed by atoms with Gasteiger partial charge in [-0.1, -0.05) is 29.8 Å². The van der Waals surface area contributed by atoms with Crippen molar-refractivity contribution in [3.05, 3.63) is 65.2 Å². The molecule has 1 N–H and O–H groups in total. The standard InChI is InChI=1S/C21H21NO3/c1-14-2-4-15(5-3-14)19(23)12-13-20(24)22-18-10-8-17(9-11-18)21(25)16-6-7-16/h2-5,8-11,16H,6-7,12-13H2,1H3,(H,22,24). The van der Waals surface area contributed by atoms with E-state index in [9.17, 15) is 14.4 Å². The van der Waals surface area contributed by atoms with Gasteiger partial charge in [-0.3, -0.25) is 14.4 Å². The third kappa shape index (κ3) is 4.63. The molecule has 3 rings (SSSR count). The third-order valence-corrected chi connectivity index (χ3v) is 4.35. The summed E-state index contributed by atoms with van der Waals surface area (Å²) in [4.78, 5) is 36.0. The van der Waals surface area contributed by atoms with Crippen LogP contribution < -0.4 is 5.32 Å². The zero-order chi connectivity index (χ0) is 17.8. The van der Waals surface area contributed by atoms with Crippen LogP contribution in [0.3, 0.4) is 0 Å². The lowest BCUT2D eigenvalue weighted by Gasteiger charge is -2.06. The fourth-order valence-electron chi connectivity index (χ4n) is 2.63. The number of carbonyl (C=O) groups excluding carboxylic acids is 3. The van der Waals surface area contributed by atoms with Gasteiger partial charge in [-0.2, -0.15) is 0 Å². The number of hydrogen-bond donors (Lipinski definition) is 1. The van der Waals surface area contributed by atoms with Crippen LogP contribution in [0.15, 0.2) is 48.5 Å². The van der Waals surface area contributed by atoms with Crippen LogP contribution in [0.25, 0.3) is 0 Å². The lowest BCUT2D eigenvalue weighted by molar-refractivity contribution is -0.116. The minimum absolute atomic E-state index is 0.0412. The summed E-state index contributed by atoms with van der Waals surface area (Å²) in [5.41, 5.74) is 3.05. The van der Waals surface area contributed by atoms with E-state index in [4.69, 9.17) is 0 Å². The van der Waals surface area contributed by atoms with E-state index in [2.05, 4.69) is 5.32 Å². The zero-order valence-corrected chi connectivity index (χ0v) is 14.2. The molecule has 1 aliphatic carbocycles. The highest BCUT2D eigenvalue weighted by molar-refractivity contribution is 6.01. The van der Waals surface area contributed by atoms with Crippen molar-refractivity contribution in [1.82, 2.24) is 0 Å². The highest BCUT2D eigenvalue weighted by Gasteiger charge is 2.30. The van der Waals surface area contributed by atoms with Crippen molar-refractivity contribution in [3.8, 4) is 0 Å². The van der Waals surface area contributed by atoms with Gasteiger partial charge in [0.05, 0.1) is 0 Å². The molecule has 128 valence electrons. The van der Waals surface area contributed by atoms with Crippen LogP contribution in [0.2, 0.25) is 0 Å². The number of carbonyl (C=O) groups is 3. The number of ketones is 2. The van der Waals surface area contributed by atoms with E-state index in [1.54, 1.807) is 36.4 Å². The number of rotatable bonds is 7. The topological polar surface area (TPSA) is 63.2 Å². The monoisotopic (exact) mass is 335 g/mol. The van der Waals surface area contributed by atoms with Crippen LogP contribution in [0, 0.1) is 12.8 Å². The Morgan fingerprint density at radius 1 is 0.880 bits per heavy atom. The quantitative estimate of drug-likeness (QED) is 0.772. The van der Waals surface area contributed by atoms with Crippen molar-refractivity contribution in [3.63, 3.8) is 0 Å². The fourth-order valence-corrected chi connectivity index (χ4v) is 2.63. The molecule has 2 aromatic carbocycles. The van der Waals surface area contributed by atoms with Gasteiger partial charge in [0.25, 0.3) is 0 Å². The molecular formula is C21H21NO3. The lowest BCUT2D eigenvalue weighted by Crippen LogP contribution is -2.13. The highest BCUT2D eigenvalue weighted by atomic mass is 16.2. The summed E-state index contributed by atoms with van der Waals surface area (Å²) in [5.74, 6) is 0.122. The van der Waals surface area contributed by atoms with Gasteiger partial charge in [-0.15, -0.1) is 0 Å². The molecule has 0 aromatic heterocycles. The van der Waals surface area contributed by atoms with Gasteiger partial charge in [0.2, 0.25) is 5.91 Å². The van der Waals surface area contributed by atoms with Crippen molar-refractivity contribution in [2.45, 2.75) is 32.6 Å². The first kappa shape index (κ1) is 17.1. The Balaban J connectivity index is 1.49. The van der Waals surface area contributed by atoms with Gasteiger partial charge in [0.1, 0.15) is 0 Å². The van der Waals surface area contributed by atoms with E-state index >= 15 is 0 Å². The minimum Gasteiger partial charge on any atom is -0.326 e. The number of hydrogen-bond acceptors (Lipinski definition) is 3. The first-order chi connectivity index (χ1) is 12.0. The number of amides is 1. The van der Waals surface area contributed by atoms with Crippen molar-refractivity contribution >= 4 is 23.2 Å². The maximum atomic E-state index is 12.1. The summed E-state index contributed by atoms with van der Waals surface area (Å²) < 4.78 is 0. The smallest absolute Gasteiger partial charge is 0.224 e. The number of aryl methyl sites for hydroxylation is 1. The molecule has 4 nitrogen and oxygen atoms in total. The Hall–Kier alpha value is -2.75. The Morgan fingerprint density at radius 2 is 1.48 bits per heavy atom. The molecule has 0 radical (unpaired) electrons. The van der Waals surface area contributed by atoms with Crippen LogP contribution >= 0.6 is 0 Å². The molecule has 1 amide bonds. The van der Waals surface area contributed by atoms with Crippen LogP contribution in [0.5, 0.6) is 0 Å². The van der Waals surface area contributed by atoms with Crippen LogP contribution in [-0.4, -0.2) is 17.5 Å². The maximum Gasteiger partial charge on any atom is 0.224 e. The number of Topliss-reactive ketones (excluding diaryl/α,β-unsaturated/α-hetero) is 2. The molecule has 4 heteroatoms. The highest BCUT2D eigenvalue weighted by Crippen LogP contribution is 2.32. The predicted octanol–water partition coefficient (Wildman–Crippen LogP) is 4.19. The molecule has 2 aromatic rings. The molecule has 1 fully saturated rings. The van der Waals surface area contributed by atoms with E-state index < -0.39 is 0 Å². The second kappa shape index (κ2) is 7.43. The van der Waals surface area contributed by atoms with E-state index in [-0.39, 0.29) is 36.2 Å². The van der Waals surface area contributed by atoms with Gasteiger partial charge >= 0.3 is 0 Å². The third-order valence-electron chi connectivity index (χ3n) is 4.35. The molecule has 0 bridgehead atoms. The van der Waals surface area contributed by atoms with Gasteiger partial charge < -0.3 is 5.32 Å². The van der Waals surface area contributed by atoms with Crippen molar-refractivity contribution in [2.75, 3.05) is 5.32 Å². The van der Waals surface area contributed by atoms with Gasteiger partial charge in [0, 0.05) is 35.6 Å². The van der Waals surface area contributed by atoms with Crippen LogP contribution in [-0.2, 0) is 4.79 Å². The number of anilines is 1. The van der Waals surface area contributed by atoms with E-state index in [0.717, 1.165) is 18.4 Å². The predicted molar refractivity (Wildman–Crippen MR) is 96.9 cm³/mol. The van der Waals surface area contributed by atoms with Crippen molar-refractivity contribution < 1.29 is 14.4 Å². The molecule has 25 heavy (non-hydrogen) atoms. The second-order valence-electron chi connectivity index (χ2n) is 6.55. The summed E-state index contributed by atoms with van der Waals surface area (Å²) >= 11 is 0. The molecule has 1 saturated carbocycles. The van der Waals surface area contributed by atoms with Crippen LogP contribution in [0.4, 0.5) is 5.69 Å². The average Bonchev–Trinajstić information content (AvgIpc) is 3.45. The largest absolute Gasteiger partial charge is 0.326 e. The van der Waals surface area contributed by atoms with Gasteiger partial charge in [0.15, 0.2) is 11.6 Å². The Morgan fingerprint density at radius 3 is 2.08 bits per heavy atom. The first-order valence-corrected chi connectivity index (χ1v) is 8.57. The normalized spacial score (nSPS) is 13.3. The lowest BCUT2D eigenvalue weighted by atomic mass is 10.0. The second-order valence-corrected chi connectivity index (χ2v) is 6.55. The summed E-state index contributed by atoms with van der Waals surface area (Å²) in [6.45, 7) is 1.96. The zero-order valence-electron chi connectivity index (χ0n) is 14.2. The molecule has 1 aliphatic rings. The molecule has 0 atom stereocenters. The average molecular weight is 335 g/mol. The van der Waals surface area contributed by atoms with Crippen molar-refractivity contribution in [2.24, 2.45) is 5.92 Å². The molecule has 0 saturated heterocycles. The molecule has 0 aliphatic heterocycles. The van der Waals surface area contributed by atoms with Gasteiger partial charge in [-0.05, 0) is 44.0 Å². The summed E-state index contributed by atoms with van der Waals surface area (Å²) in [6, 6.07) is 14.3.